The molecule has 0 aromatic rings. The molecule has 2 aliphatic carbocycles. The van der Waals surface area contributed by atoms with Gasteiger partial charge in [-0.2, -0.15) is 4.90 Å². The summed E-state index contributed by atoms with van der Waals surface area (Å²) in [6, 6.07) is 0. The molecule has 4 rings (SSSR count). The summed E-state index contributed by atoms with van der Waals surface area (Å²) < 4.78 is 13.9. The van der Waals surface area contributed by atoms with E-state index in [1.165, 1.54) is 0 Å². The van der Waals surface area contributed by atoms with Crippen molar-refractivity contribution in [2.24, 2.45) is 10.8 Å². The van der Waals surface area contributed by atoms with Gasteiger partial charge in [-0.05, 0) is 32.6 Å². The summed E-state index contributed by atoms with van der Waals surface area (Å²) in [5.41, 5.74) is -4.17. The Hall–Kier alpha value is -0.350. The van der Waals surface area contributed by atoms with Gasteiger partial charge < -0.3 is 30.6 Å². The quantitative estimate of drug-likeness (QED) is 0.352. The molecule has 2 saturated heterocycles. The SMILES string of the molecule is CC.CC(O)(O)[C@]12C[C@@]3(CC3F)C(O)(O)N1C(O)(O)CC21CC1. The third-order valence-electron chi connectivity index (χ3n) is 6.36. The summed E-state index contributed by atoms with van der Waals surface area (Å²) in [6.45, 7) is 5.08. The first-order chi connectivity index (χ1) is 10.4. The number of fused-ring (bicyclic) bond motifs is 2. The van der Waals surface area contributed by atoms with E-state index in [4.69, 9.17) is 0 Å². The first kappa shape index (κ1) is 17.5. The minimum atomic E-state index is -2.84. The van der Waals surface area contributed by atoms with Gasteiger partial charge in [0, 0.05) is 11.8 Å². The number of aliphatic hydroxyl groups is 6. The monoisotopic (exact) mass is 335 g/mol. The van der Waals surface area contributed by atoms with Crippen molar-refractivity contribution in [3.8, 4) is 0 Å². The molecule has 1 unspecified atom stereocenters. The van der Waals surface area contributed by atoms with Gasteiger partial charge in [0.2, 0.25) is 11.8 Å². The lowest BCUT2D eigenvalue weighted by Crippen LogP contribution is -2.69. The molecule has 2 aliphatic heterocycles. The molecular weight excluding hydrogens is 309 g/mol. The van der Waals surface area contributed by atoms with E-state index in [0.717, 1.165) is 6.92 Å². The van der Waals surface area contributed by atoms with Crippen LogP contribution < -0.4 is 0 Å². The van der Waals surface area contributed by atoms with E-state index in [1.54, 1.807) is 0 Å². The van der Waals surface area contributed by atoms with Crippen molar-refractivity contribution in [2.75, 3.05) is 0 Å². The smallest absolute Gasteiger partial charge is 0.238 e. The normalized spacial score (nSPS) is 44.9. The van der Waals surface area contributed by atoms with Crippen LogP contribution in [0.25, 0.3) is 0 Å². The summed E-state index contributed by atoms with van der Waals surface area (Å²) in [6.07, 6.45) is -1.16. The molecule has 4 fully saturated rings. The number of halogens is 1. The fraction of sp³-hybridized carbons (Fsp3) is 1.00. The summed E-state index contributed by atoms with van der Waals surface area (Å²) in [5, 5.41) is 62.1. The highest BCUT2D eigenvalue weighted by Gasteiger charge is 2.92. The van der Waals surface area contributed by atoms with Gasteiger partial charge in [-0.3, -0.25) is 0 Å². The third kappa shape index (κ3) is 1.67. The van der Waals surface area contributed by atoms with Crippen LogP contribution in [0, 0.1) is 10.8 Å². The maximum Gasteiger partial charge on any atom is 0.238 e. The van der Waals surface area contributed by atoms with Crippen LogP contribution in [0.2, 0.25) is 0 Å². The van der Waals surface area contributed by atoms with Gasteiger partial charge in [0.05, 0.1) is 11.0 Å². The molecule has 6 N–H and O–H groups in total. The van der Waals surface area contributed by atoms with Gasteiger partial charge in [0.25, 0.3) is 0 Å². The zero-order valence-electron chi connectivity index (χ0n) is 13.6. The van der Waals surface area contributed by atoms with Gasteiger partial charge in [-0.15, -0.1) is 0 Å². The van der Waals surface area contributed by atoms with Crippen molar-refractivity contribution in [3.05, 3.63) is 0 Å². The van der Waals surface area contributed by atoms with Crippen LogP contribution in [0.3, 0.4) is 0 Å². The molecule has 3 atom stereocenters. The Balaban J connectivity index is 0.000000753. The Labute approximate surface area is 134 Å². The van der Waals surface area contributed by atoms with E-state index in [1.807, 2.05) is 13.8 Å². The summed E-state index contributed by atoms with van der Waals surface area (Å²) in [4.78, 5) is 0.541. The highest BCUT2D eigenvalue weighted by Crippen LogP contribution is 2.80. The van der Waals surface area contributed by atoms with Crippen molar-refractivity contribution in [2.45, 2.75) is 82.2 Å². The number of nitrogens with zero attached hydrogens (tertiary/aromatic N) is 1. The average molecular weight is 335 g/mol. The largest absolute Gasteiger partial charge is 0.364 e. The standard InChI is InChI=1S/C13H20FNO6.C2H6/c1-8(16,17)11-6-10(4-7(10)14)13(20,21)15(11)12(18,19)5-9(11)2-3-9;1-2/h7,16-21H,2-6H2,1H3;1-2H3/t7?,10-,11+;/m1./s1. The van der Waals surface area contributed by atoms with Crippen molar-refractivity contribution in [3.63, 3.8) is 0 Å². The second-order valence-electron chi connectivity index (χ2n) is 7.59. The second-order valence-corrected chi connectivity index (χ2v) is 7.59. The van der Waals surface area contributed by atoms with Crippen molar-refractivity contribution in [1.82, 2.24) is 4.90 Å². The molecule has 0 aromatic carbocycles. The lowest BCUT2D eigenvalue weighted by Gasteiger charge is -2.48. The minimum Gasteiger partial charge on any atom is -0.364 e. The Morgan fingerprint density at radius 1 is 1.04 bits per heavy atom. The fourth-order valence-electron chi connectivity index (χ4n) is 5.22. The Bertz CT molecular complexity index is 529. The first-order valence-corrected chi connectivity index (χ1v) is 8.15. The summed E-state index contributed by atoms with van der Waals surface area (Å²) in [5.74, 6) is -7.90. The van der Waals surface area contributed by atoms with Crippen LogP contribution in [0.5, 0.6) is 0 Å². The highest BCUT2D eigenvalue weighted by molar-refractivity contribution is 5.34. The molecule has 0 bridgehead atoms. The molecule has 0 radical (unpaired) electrons. The maximum atomic E-state index is 13.9. The minimum absolute atomic E-state index is 0.152. The fourth-order valence-corrected chi connectivity index (χ4v) is 5.22. The van der Waals surface area contributed by atoms with Gasteiger partial charge in [0.15, 0.2) is 5.79 Å². The van der Waals surface area contributed by atoms with E-state index in [0.29, 0.717) is 17.7 Å². The molecule has 134 valence electrons. The molecule has 4 aliphatic rings. The molecule has 7 nitrogen and oxygen atoms in total. The van der Waals surface area contributed by atoms with Gasteiger partial charge in [-0.25, -0.2) is 4.39 Å². The van der Waals surface area contributed by atoms with Crippen LogP contribution in [0.1, 0.15) is 52.9 Å². The topological polar surface area (TPSA) is 125 Å². The lowest BCUT2D eigenvalue weighted by molar-refractivity contribution is -0.404. The Morgan fingerprint density at radius 3 is 1.87 bits per heavy atom. The zero-order chi connectivity index (χ0) is 17.7. The van der Waals surface area contributed by atoms with Gasteiger partial charge in [-0.1, -0.05) is 13.8 Å². The van der Waals surface area contributed by atoms with E-state index in [-0.39, 0.29) is 19.3 Å². The number of hydrogen-bond donors (Lipinski definition) is 6. The van der Waals surface area contributed by atoms with E-state index in [9.17, 15) is 35.0 Å². The average Bonchev–Trinajstić information content (AvgIpc) is 3.23. The molecule has 2 heterocycles. The number of alkyl halides is 1. The van der Waals surface area contributed by atoms with Crippen molar-refractivity contribution >= 4 is 0 Å². The van der Waals surface area contributed by atoms with Gasteiger partial charge in [0.1, 0.15) is 6.17 Å². The summed E-state index contributed by atoms with van der Waals surface area (Å²) >= 11 is 0. The molecule has 2 saturated carbocycles. The third-order valence-corrected chi connectivity index (χ3v) is 6.36. The number of rotatable bonds is 1. The van der Waals surface area contributed by atoms with Crippen LogP contribution in [0.4, 0.5) is 4.39 Å². The van der Waals surface area contributed by atoms with E-state index in [2.05, 4.69) is 0 Å². The predicted octanol–water partition coefficient (Wildman–Crippen LogP) is -0.653. The zero-order valence-corrected chi connectivity index (χ0v) is 13.6. The van der Waals surface area contributed by atoms with E-state index >= 15 is 0 Å². The number of hydrogen-bond acceptors (Lipinski definition) is 7. The molecule has 2 spiro atoms. The highest BCUT2D eigenvalue weighted by atomic mass is 19.1. The van der Waals surface area contributed by atoms with Crippen LogP contribution in [-0.4, -0.2) is 64.9 Å². The van der Waals surface area contributed by atoms with E-state index < -0.39 is 40.1 Å². The predicted molar refractivity (Wildman–Crippen MR) is 75.9 cm³/mol. The van der Waals surface area contributed by atoms with Crippen LogP contribution >= 0.6 is 0 Å². The second kappa shape index (κ2) is 4.24. The lowest BCUT2D eigenvalue weighted by atomic mass is 9.71. The van der Waals surface area contributed by atoms with Gasteiger partial charge >= 0.3 is 0 Å². The Morgan fingerprint density at radius 2 is 1.52 bits per heavy atom. The summed E-state index contributed by atoms with van der Waals surface area (Å²) in [7, 11) is 0. The van der Waals surface area contributed by atoms with Crippen molar-refractivity contribution < 1.29 is 35.0 Å². The molecule has 0 amide bonds. The molecular formula is C15H26FNO6. The van der Waals surface area contributed by atoms with Crippen LogP contribution in [-0.2, 0) is 0 Å². The van der Waals surface area contributed by atoms with Crippen molar-refractivity contribution in [1.29, 1.82) is 0 Å². The van der Waals surface area contributed by atoms with Crippen LogP contribution in [0.15, 0.2) is 0 Å². The Kier molecular flexibility index (Phi) is 3.22. The molecule has 23 heavy (non-hydrogen) atoms. The first-order valence-electron chi connectivity index (χ1n) is 8.15. The maximum absolute atomic E-state index is 13.9. The molecule has 8 heteroatoms. The molecule has 0 aromatic heterocycles.